The van der Waals surface area contributed by atoms with Crippen LogP contribution in [-0.2, 0) is 10.0 Å². The van der Waals surface area contributed by atoms with Gasteiger partial charge in [0, 0.05) is 11.1 Å². The van der Waals surface area contributed by atoms with E-state index in [4.69, 9.17) is 17.3 Å². The number of anilines is 1. The molecule has 4 nitrogen and oxygen atoms in total. The fraction of sp³-hybridized carbons (Fsp3) is 0.455. The summed E-state index contributed by atoms with van der Waals surface area (Å²) >= 11 is 5.77. The molecule has 17 heavy (non-hydrogen) atoms. The van der Waals surface area contributed by atoms with Crippen molar-refractivity contribution in [3.8, 4) is 0 Å². The Morgan fingerprint density at radius 1 is 1.29 bits per heavy atom. The normalized spacial score (nSPS) is 13.9. The molecule has 0 fully saturated rings. The minimum absolute atomic E-state index is 0.0255. The highest BCUT2D eigenvalue weighted by atomic mass is 35.5. The maximum Gasteiger partial charge on any atom is 0.242 e. The van der Waals surface area contributed by atoms with Crippen LogP contribution in [0.3, 0.4) is 0 Å². The van der Waals surface area contributed by atoms with Crippen molar-refractivity contribution in [2.45, 2.75) is 31.7 Å². The summed E-state index contributed by atoms with van der Waals surface area (Å²) in [5.74, 6) is 0.199. The first-order valence-electron chi connectivity index (χ1n) is 5.31. The summed E-state index contributed by atoms with van der Waals surface area (Å²) in [7, 11) is -3.62. The Labute approximate surface area is 107 Å². The first-order valence-corrected chi connectivity index (χ1v) is 7.17. The van der Waals surface area contributed by atoms with Gasteiger partial charge < -0.3 is 5.73 Å². The standard InChI is InChI=1S/C11H17ClN2O2S/c1-7(2)8(3)14-17(15,16)11-6-9(12)4-5-10(11)13/h4-8,14H,13H2,1-3H3. The molecule has 0 aliphatic heterocycles. The van der Waals surface area contributed by atoms with E-state index in [0.717, 1.165) is 0 Å². The molecule has 0 heterocycles. The summed E-state index contributed by atoms with van der Waals surface area (Å²) in [6.45, 7) is 5.69. The Bertz CT molecular complexity index is 500. The highest BCUT2D eigenvalue weighted by molar-refractivity contribution is 7.89. The van der Waals surface area contributed by atoms with E-state index in [1.807, 2.05) is 20.8 Å². The third kappa shape index (κ3) is 3.59. The zero-order chi connectivity index (χ0) is 13.2. The first kappa shape index (κ1) is 14.3. The lowest BCUT2D eigenvalue weighted by atomic mass is 10.1. The van der Waals surface area contributed by atoms with Crippen molar-refractivity contribution in [2.24, 2.45) is 5.92 Å². The summed E-state index contributed by atoms with van der Waals surface area (Å²) in [6.07, 6.45) is 0. The molecule has 1 aromatic carbocycles. The molecule has 0 bridgehead atoms. The fourth-order valence-corrected chi connectivity index (χ4v) is 2.97. The summed E-state index contributed by atoms with van der Waals surface area (Å²) in [4.78, 5) is 0.0255. The maximum absolute atomic E-state index is 12.1. The number of rotatable bonds is 4. The van der Waals surface area contributed by atoms with E-state index in [9.17, 15) is 8.42 Å². The Morgan fingerprint density at radius 2 is 1.88 bits per heavy atom. The Hall–Kier alpha value is -0.780. The minimum atomic E-state index is -3.62. The monoisotopic (exact) mass is 276 g/mol. The highest BCUT2D eigenvalue weighted by Crippen LogP contribution is 2.23. The van der Waals surface area contributed by atoms with Gasteiger partial charge in [-0.1, -0.05) is 25.4 Å². The van der Waals surface area contributed by atoms with E-state index in [2.05, 4.69) is 4.72 Å². The van der Waals surface area contributed by atoms with Gasteiger partial charge in [0.05, 0.1) is 5.69 Å². The minimum Gasteiger partial charge on any atom is -0.398 e. The van der Waals surface area contributed by atoms with Gasteiger partial charge in [-0.2, -0.15) is 0 Å². The fourth-order valence-electron chi connectivity index (χ4n) is 1.19. The van der Waals surface area contributed by atoms with Crippen molar-refractivity contribution >= 4 is 27.3 Å². The third-order valence-electron chi connectivity index (χ3n) is 2.61. The molecular formula is C11H17ClN2O2S. The Kier molecular flexibility index (Phi) is 4.41. The summed E-state index contributed by atoms with van der Waals surface area (Å²) in [5, 5.41) is 0.344. The van der Waals surface area contributed by atoms with E-state index < -0.39 is 10.0 Å². The van der Waals surface area contributed by atoms with Crippen LogP contribution >= 0.6 is 11.6 Å². The van der Waals surface area contributed by atoms with E-state index in [1.165, 1.54) is 12.1 Å². The average Bonchev–Trinajstić information content (AvgIpc) is 2.20. The van der Waals surface area contributed by atoms with Crippen molar-refractivity contribution in [2.75, 3.05) is 5.73 Å². The first-order chi connectivity index (χ1) is 7.74. The third-order valence-corrected chi connectivity index (χ3v) is 4.46. The number of benzene rings is 1. The molecule has 0 aromatic heterocycles. The molecule has 0 saturated heterocycles. The molecule has 96 valence electrons. The zero-order valence-corrected chi connectivity index (χ0v) is 11.6. The van der Waals surface area contributed by atoms with Crippen molar-refractivity contribution in [3.63, 3.8) is 0 Å². The van der Waals surface area contributed by atoms with Crippen LogP contribution in [0, 0.1) is 5.92 Å². The summed E-state index contributed by atoms with van der Waals surface area (Å²) in [5.41, 5.74) is 5.84. The predicted molar refractivity (Wildman–Crippen MR) is 70.5 cm³/mol. The second-order valence-corrected chi connectivity index (χ2v) is 6.45. The lowest BCUT2D eigenvalue weighted by Crippen LogP contribution is -2.36. The number of nitrogen functional groups attached to an aromatic ring is 1. The molecule has 6 heteroatoms. The molecule has 0 amide bonds. The smallest absolute Gasteiger partial charge is 0.242 e. The Morgan fingerprint density at radius 3 is 2.41 bits per heavy atom. The van der Waals surface area contributed by atoms with Gasteiger partial charge in [-0.15, -0.1) is 0 Å². The summed E-state index contributed by atoms with van der Waals surface area (Å²) in [6, 6.07) is 4.23. The number of nitrogens with two attached hydrogens (primary N) is 1. The van der Waals surface area contributed by atoms with Crippen LogP contribution in [-0.4, -0.2) is 14.5 Å². The van der Waals surface area contributed by atoms with Crippen LogP contribution in [0.25, 0.3) is 0 Å². The van der Waals surface area contributed by atoms with Crippen molar-refractivity contribution < 1.29 is 8.42 Å². The van der Waals surface area contributed by atoms with Crippen molar-refractivity contribution in [1.82, 2.24) is 4.72 Å². The molecule has 1 rings (SSSR count). The lowest BCUT2D eigenvalue weighted by Gasteiger charge is -2.18. The number of halogens is 1. The SMILES string of the molecule is CC(C)C(C)NS(=O)(=O)c1cc(Cl)ccc1N. The van der Waals surface area contributed by atoms with Crippen LogP contribution in [0.1, 0.15) is 20.8 Å². The molecule has 0 aliphatic carbocycles. The van der Waals surface area contributed by atoms with E-state index in [-0.39, 0.29) is 22.5 Å². The maximum atomic E-state index is 12.1. The van der Waals surface area contributed by atoms with E-state index in [1.54, 1.807) is 6.07 Å². The molecule has 0 spiro atoms. The van der Waals surface area contributed by atoms with Gasteiger partial charge in [0.15, 0.2) is 0 Å². The van der Waals surface area contributed by atoms with Gasteiger partial charge in [0.25, 0.3) is 0 Å². The van der Waals surface area contributed by atoms with E-state index >= 15 is 0 Å². The second-order valence-electron chi connectivity index (χ2n) is 4.34. The van der Waals surface area contributed by atoms with Crippen molar-refractivity contribution in [3.05, 3.63) is 23.2 Å². The average molecular weight is 277 g/mol. The molecule has 1 unspecified atom stereocenters. The van der Waals surface area contributed by atoms with Gasteiger partial charge in [-0.3, -0.25) is 0 Å². The Balaban J connectivity index is 3.09. The quantitative estimate of drug-likeness (QED) is 0.829. The number of sulfonamides is 1. The molecule has 1 atom stereocenters. The van der Waals surface area contributed by atoms with Gasteiger partial charge >= 0.3 is 0 Å². The van der Waals surface area contributed by atoms with E-state index in [0.29, 0.717) is 5.02 Å². The summed E-state index contributed by atoms with van der Waals surface area (Å²) < 4.78 is 26.7. The van der Waals surface area contributed by atoms with Gasteiger partial charge in [-0.25, -0.2) is 13.1 Å². The molecular weight excluding hydrogens is 260 g/mol. The van der Waals surface area contributed by atoms with Crippen LogP contribution in [0.4, 0.5) is 5.69 Å². The molecule has 3 N–H and O–H groups in total. The predicted octanol–water partition coefficient (Wildman–Crippen LogP) is 2.25. The number of hydrogen-bond acceptors (Lipinski definition) is 3. The van der Waals surface area contributed by atoms with Gasteiger partial charge in [-0.05, 0) is 31.0 Å². The molecule has 1 aromatic rings. The molecule has 0 saturated carbocycles. The number of hydrogen-bond donors (Lipinski definition) is 2. The van der Waals surface area contributed by atoms with Gasteiger partial charge in [0.2, 0.25) is 10.0 Å². The lowest BCUT2D eigenvalue weighted by molar-refractivity contribution is 0.476. The van der Waals surface area contributed by atoms with Crippen LogP contribution in [0.15, 0.2) is 23.1 Å². The topological polar surface area (TPSA) is 72.2 Å². The van der Waals surface area contributed by atoms with Crippen molar-refractivity contribution in [1.29, 1.82) is 0 Å². The largest absolute Gasteiger partial charge is 0.398 e. The van der Waals surface area contributed by atoms with Crippen LogP contribution < -0.4 is 10.5 Å². The van der Waals surface area contributed by atoms with Gasteiger partial charge in [0.1, 0.15) is 4.90 Å². The zero-order valence-electron chi connectivity index (χ0n) is 10.1. The highest BCUT2D eigenvalue weighted by Gasteiger charge is 2.21. The van der Waals surface area contributed by atoms with Crippen LogP contribution in [0.2, 0.25) is 5.02 Å². The number of nitrogens with one attached hydrogen (secondary N) is 1. The molecule has 0 aliphatic rings. The molecule has 0 radical (unpaired) electrons. The second kappa shape index (κ2) is 5.25. The van der Waals surface area contributed by atoms with Crippen LogP contribution in [0.5, 0.6) is 0 Å².